The van der Waals surface area contributed by atoms with Gasteiger partial charge in [0.25, 0.3) is 0 Å². The monoisotopic (exact) mass is 288 g/mol. The van der Waals surface area contributed by atoms with Crippen molar-refractivity contribution in [1.82, 2.24) is 19.8 Å². The summed E-state index contributed by atoms with van der Waals surface area (Å²) in [5.41, 5.74) is 0. The van der Waals surface area contributed by atoms with Crippen molar-refractivity contribution < 1.29 is 8.42 Å². The number of aromatic nitrogens is 2. The topological polar surface area (TPSA) is 76.0 Å². The fraction of sp³-hybridized carbons (Fsp3) is 0.750. The van der Waals surface area contributed by atoms with Crippen molar-refractivity contribution >= 4 is 10.0 Å². The first-order valence-corrected chi connectivity index (χ1v) is 8.17. The minimum atomic E-state index is -3.42. The molecule has 1 heterocycles. The molecule has 1 rings (SSSR count). The van der Waals surface area contributed by atoms with Crippen LogP contribution in [0, 0.1) is 5.92 Å². The molecule has 110 valence electrons. The highest BCUT2D eigenvalue weighted by Crippen LogP contribution is 2.07. The Morgan fingerprint density at radius 1 is 1.37 bits per heavy atom. The van der Waals surface area contributed by atoms with Gasteiger partial charge in [-0.1, -0.05) is 20.8 Å². The maximum absolute atomic E-state index is 12.0. The Kier molecular flexibility index (Phi) is 6.47. The second-order valence-electron chi connectivity index (χ2n) is 4.87. The zero-order valence-corrected chi connectivity index (χ0v) is 12.7. The fourth-order valence-electron chi connectivity index (χ4n) is 1.54. The molecule has 6 nitrogen and oxygen atoms in total. The Hall–Kier alpha value is -0.920. The minimum Gasteiger partial charge on any atom is -0.315 e. The Balaban J connectivity index is 2.53. The van der Waals surface area contributed by atoms with Gasteiger partial charge in [0.05, 0.1) is 12.7 Å². The zero-order chi connectivity index (χ0) is 14.3. The van der Waals surface area contributed by atoms with E-state index in [1.165, 1.54) is 6.20 Å². The van der Waals surface area contributed by atoms with Crippen molar-refractivity contribution in [3.05, 3.63) is 12.4 Å². The first kappa shape index (κ1) is 16.1. The van der Waals surface area contributed by atoms with Gasteiger partial charge in [-0.2, -0.15) is 5.10 Å². The molecule has 0 aliphatic heterocycles. The molecule has 0 fully saturated rings. The largest absolute Gasteiger partial charge is 0.315 e. The lowest BCUT2D eigenvalue weighted by Gasteiger charge is -2.06. The lowest BCUT2D eigenvalue weighted by atomic mass is 10.1. The molecule has 19 heavy (non-hydrogen) atoms. The van der Waals surface area contributed by atoms with E-state index < -0.39 is 10.0 Å². The third kappa shape index (κ3) is 5.71. The molecule has 0 bridgehead atoms. The van der Waals surface area contributed by atoms with E-state index in [0.717, 1.165) is 19.5 Å². The summed E-state index contributed by atoms with van der Waals surface area (Å²) in [7, 11) is -3.42. The molecular weight excluding hydrogens is 264 g/mol. The van der Waals surface area contributed by atoms with Crippen molar-refractivity contribution in [2.45, 2.75) is 38.6 Å². The molecule has 0 amide bonds. The summed E-state index contributed by atoms with van der Waals surface area (Å²) in [6, 6.07) is 0. The van der Waals surface area contributed by atoms with E-state index in [1.54, 1.807) is 10.9 Å². The van der Waals surface area contributed by atoms with Gasteiger partial charge in [0.15, 0.2) is 0 Å². The molecule has 2 N–H and O–H groups in total. The summed E-state index contributed by atoms with van der Waals surface area (Å²) in [5.74, 6) is 0.477. The second-order valence-corrected chi connectivity index (χ2v) is 6.64. The van der Waals surface area contributed by atoms with E-state index >= 15 is 0 Å². The normalized spacial score (nSPS) is 12.2. The summed E-state index contributed by atoms with van der Waals surface area (Å²) < 4.78 is 28.2. The van der Waals surface area contributed by atoms with Gasteiger partial charge in [-0.3, -0.25) is 4.68 Å². The molecule has 0 radical (unpaired) electrons. The maximum atomic E-state index is 12.0. The number of sulfonamides is 1. The number of rotatable bonds is 9. The molecule has 0 aliphatic carbocycles. The van der Waals surface area contributed by atoms with Gasteiger partial charge in [-0.05, 0) is 18.9 Å². The summed E-state index contributed by atoms with van der Waals surface area (Å²) in [6.45, 7) is 8.94. The van der Waals surface area contributed by atoms with Crippen LogP contribution >= 0.6 is 0 Å². The number of likely N-dealkylation sites (N-methyl/N-ethyl adjacent to an activating group) is 1. The van der Waals surface area contributed by atoms with Gasteiger partial charge in [0.2, 0.25) is 10.0 Å². The van der Waals surface area contributed by atoms with Crippen LogP contribution in [0.5, 0.6) is 0 Å². The van der Waals surface area contributed by atoms with Crippen molar-refractivity contribution in [1.29, 1.82) is 0 Å². The highest BCUT2D eigenvalue weighted by molar-refractivity contribution is 7.89. The lowest BCUT2D eigenvalue weighted by molar-refractivity contribution is 0.550. The molecule has 0 unspecified atom stereocenters. The Labute approximate surface area is 115 Å². The quantitative estimate of drug-likeness (QED) is 0.660. The van der Waals surface area contributed by atoms with Gasteiger partial charge >= 0.3 is 0 Å². The highest BCUT2D eigenvalue weighted by Gasteiger charge is 2.15. The predicted octanol–water partition coefficient (Wildman–Crippen LogP) is 0.817. The van der Waals surface area contributed by atoms with E-state index in [-0.39, 0.29) is 4.90 Å². The highest BCUT2D eigenvalue weighted by atomic mass is 32.2. The third-order valence-corrected chi connectivity index (χ3v) is 4.12. The van der Waals surface area contributed by atoms with E-state index in [9.17, 15) is 8.42 Å². The van der Waals surface area contributed by atoms with E-state index in [1.807, 2.05) is 6.92 Å². The molecule has 0 aromatic carbocycles. The average Bonchev–Trinajstić information content (AvgIpc) is 2.78. The summed E-state index contributed by atoms with van der Waals surface area (Å²) in [5, 5.41) is 7.22. The van der Waals surface area contributed by atoms with Gasteiger partial charge < -0.3 is 5.32 Å². The van der Waals surface area contributed by atoms with Crippen LogP contribution in [-0.4, -0.2) is 37.8 Å². The van der Waals surface area contributed by atoms with E-state index in [2.05, 4.69) is 29.0 Å². The summed E-state index contributed by atoms with van der Waals surface area (Å²) in [4.78, 5) is 0.229. The Bertz CT molecular complexity index is 468. The second kappa shape index (κ2) is 7.62. The van der Waals surface area contributed by atoms with Gasteiger partial charge in [-0.15, -0.1) is 0 Å². The van der Waals surface area contributed by atoms with Crippen LogP contribution in [-0.2, 0) is 16.6 Å². The molecule has 0 aliphatic rings. The number of nitrogens with zero attached hydrogens (tertiary/aromatic N) is 2. The Morgan fingerprint density at radius 3 is 2.74 bits per heavy atom. The molecule has 0 saturated heterocycles. The first-order valence-electron chi connectivity index (χ1n) is 6.68. The van der Waals surface area contributed by atoms with Crippen LogP contribution in [0.2, 0.25) is 0 Å². The number of nitrogens with one attached hydrogen (secondary N) is 2. The predicted molar refractivity (Wildman–Crippen MR) is 75.4 cm³/mol. The summed E-state index contributed by atoms with van der Waals surface area (Å²) >= 11 is 0. The van der Waals surface area contributed by atoms with Crippen LogP contribution in [0.25, 0.3) is 0 Å². The molecule has 0 atom stereocenters. The molecular formula is C12H24N4O2S. The standard InChI is InChI=1S/C12H24N4O2S/c1-4-13-7-8-16-10-12(9-14-16)19(17,18)15-6-5-11(2)3/h9-11,13,15H,4-8H2,1-3H3. The van der Waals surface area contributed by atoms with Crippen molar-refractivity contribution in [3.8, 4) is 0 Å². The van der Waals surface area contributed by atoms with Crippen LogP contribution in [0.3, 0.4) is 0 Å². The van der Waals surface area contributed by atoms with Crippen LogP contribution in [0.1, 0.15) is 27.2 Å². The molecule has 0 saturated carbocycles. The fourth-order valence-corrected chi connectivity index (χ4v) is 2.54. The van der Waals surface area contributed by atoms with Crippen molar-refractivity contribution in [3.63, 3.8) is 0 Å². The van der Waals surface area contributed by atoms with Gasteiger partial charge in [0, 0.05) is 19.3 Å². The zero-order valence-electron chi connectivity index (χ0n) is 11.9. The maximum Gasteiger partial charge on any atom is 0.243 e. The summed E-state index contributed by atoms with van der Waals surface area (Å²) in [6.07, 6.45) is 3.78. The van der Waals surface area contributed by atoms with Gasteiger partial charge in [0.1, 0.15) is 4.90 Å². The van der Waals surface area contributed by atoms with Crippen molar-refractivity contribution in [2.24, 2.45) is 5.92 Å². The lowest BCUT2D eigenvalue weighted by Crippen LogP contribution is -2.25. The van der Waals surface area contributed by atoms with Gasteiger partial charge in [-0.25, -0.2) is 13.1 Å². The average molecular weight is 288 g/mol. The van der Waals surface area contributed by atoms with E-state index in [4.69, 9.17) is 0 Å². The van der Waals surface area contributed by atoms with Crippen LogP contribution in [0.4, 0.5) is 0 Å². The van der Waals surface area contributed by atoms with E-state index in [0.29, 0.717) is 19.0 Å². The molecule has 0 spiro atoms. The van der Waals surface area contributed by atoms with Crippen LogP contribution in [0.15, 0.2) is 17.3 Å². The number of hydrogen-bond acceptors (Lipinski definition) is 4. The van der Waals surface area contributed by atoms with Crippen molar-refractivity contribution in [2.75, 3.05) is 19.6 Å². The molecule has 1 aromatic heterocycles. The van der Waals surface area contributed by atoms with Crippen LogP contribution < -0.4 is 10.0 Å². The minimum absolute atomic E-state index is 0.229. The smallest absolute Gasteiger partial charge is 0.243 e. The molecule has 7 heteroatoms. The first-order chi connectivity index (χ1) is 8.95. The number of hydrogen-bond donors (Lipinski definition) is 2. The Morgan fingerprint density at radius 2 is 2.11 bits per heavy atom. The molecule has 1 aromatic rings. The SMILES string of the molecule is CCNCCn1cc(S(=O)(=O)NCCC(C)C)cn1. The third-order valence-electron chi connectivity index (χ3n) is 2.70.